The minimum absolute atomic E-state index is 0.0466. The van der Waals surface area contributed by atoms with E-state index in [4.69, 9.17) is 9.47 Å². The highest BCUT2D eigenvalue weighted by Gasteiger charge is 2.26. The van der Waals surface area contributed by atoms with E-state index < -0.39 is 12.0 Å². The topological polar surface area (TPSA) is 71.0 Å². The second-order valence-corrected chi connectivity index (χ2v) is 4.69. The van der Waals surface area contributed by atoms with Crippen molar-refractivity contribution in [3.05, 3.63) is 59.8 Å². The van der Waals surface area contributed by atoms with Crippen LogP contribution in [0.1, 0.15) is 5.56 Å². The van der Waals surface area contributed by atoms with Crippen LogP contribution in [0.5, 0.6) is 0 Å². The van der Waals surface area contributed by atoms with Crippen LogP contribution in [0.15, 0.2) is 54.2 Å². The number of nitrogens with zero attached hydrogens (tertiary/aromatic N) is 1. The molecule has 1 aromatic rings. The number of ether oxygens (including phenoxy) is 2. The van der Waals surface area contributed by atoms with Gasteiger partial charge in [-0.25, -0.2) is 5.01 Å². The van der Waals surface area contributed by atoms with Crippen LogP contribution >= 0.6 is 0 Å². The fourth-order valence-corrected chi connectivity index (χ4v) is 1.77. The number of amides is 1. The second kappa shape index (κ2) is 6.92. The molecule has 0 fully saturated rings. The maximum atomic E-state index is 12.0. The molecule has 0 saturated carbocycles. The monoisotopic (exact) mass is 290 g/mol. The zero-order chi connectivity index (χ0) is 15.2. The predicted octanol–water partition coefficient (Wildman–Crippen LogP) is 0.912. The molecule has 0 aromatic heterocycles. The largest absolute Gasteiger partial charge is 0.486 e. The van der Waals surface area contributed by atoms with Crippen LogP contribution in [0.2, 0.25) is 0 Å². The molecule has 2 N–H and O–H groups in total. The van der Waals surface area contributed by atoms with Crippen molar-refractivity contribution in [3.8, 4) is 0 Å². The number of aliphatic hydroxyl groups excluding tert-OH is 1. The van der Waals surface area contributed by atoms with Gasteiger partial charge in [0, 0.05) is 14.1 Å². The van der Waals surface area contributed by atoms with Crippen molar-refractivity contribution in [3.63, 3.8) is 0 Å². The Morgan fingerprint density at radius 2 is 2.10 bits per heavy atom. The lowest BCUT2D eigenvalue weighted by molar-refractivity contribution is -0.124. The van der Waals surface area contributed by atoms with Gasteiger partial charge in [0.2, 0.25) is 5.76 Å². The summed E-state index contributed by atoms with van der Waals surface area (Å²) < 4.78 is 10.8. The lowest BCUT2D eigenvalue weighted by atomic mass is 10.2. The van der Waals surface area contributed by atoms with Crippen molar-refractivity contribution >= 4 is 5.91 Å². The van der Waals surface area contributed by atoms with Crippen molar-refractivity contribution < 1.29 is 19.4 Å². The second-order valence-electron chi connectivity index (χ2n) is 4.69. The van der Waals surface area contributed by atoms with E-state index in [0.717, 1.165) is 5.56 Å². The van der Waals surface area contributed by atoms with E-state index in [1.807, 2.05) is 30.3 Å². The molecule has 112 valence electrons. The Morgan fingerprint density at radius 1 is 1.38 bits per heavy atom. The summed E-state index contributed by atoms with van der Waals surface area (Å²) in [6.45, 7) is 0.239. The molecule has 0 saturated heterocycles. The number of hydrogen-bond donors (Lipinski definition) is 2. The van der Waals surface area contributed by atoms with Crippen LogP contribution in [0, 0.1) is 0 Å². The summed E-state index contributed by atoms with van der Waals surface area (Å²) in [5.74, 6) is -0.429. The van der Waals surface area contributed by atoms with E-state index in [1.54, 1.807) is 14.1 Å². The van der Waals surface area contributed by atoms with Crippen LogP contribution in [0.25, 0.3) is 0 Å². The summed E-state index contributed by atoms with van der Waals surface area (Å²) >= 11 is 0. The number of carbonyl (C=O) groups is 1. The standard InChI is InChI=1S/C15H18N2O4/c1-17(2)16-15(19)14-13(12(18)8-9-20-14)21-10-11-6-4-3-5-7-11/h3-9,12,18H,10H2,1-2H3,(H,16,19). The molecule has 6 nitrogen and oxygen atoms in total. The molecule has 0 bridgehead atoms. The number of hydrazine groups is 1. The molecule has 1 unspecified atom stereocenters. The maximum absolute atomic E-state index is 12.0. The lowest BCUT2D eigenvalue weighted by Crippen LogP contribution is -2.39. The molecule has 2 rings (SSSR count). The smallest absolute Gasteiger partial charge is 0.304 e. The first-order chi connectivity index (χ1) is 10.1. The van der Waals surface area contributed by atoms with E-state index in [0.29, 0.717) is 0 Å². The Hall–Kier alpha value is -2.31. The van der Waals surface area contributed by atoms with Crippen molar-refractivity contribution in [1.82, 2.24) is 10.4 Å². The predicted molar refractivity (Wildman–Crippen MR) is 76.3 cm³/mol. The van der Waals surface area contributed by atoms with E-state index in [9.17, 15) is 9.90 Å². The Labute approximate surface area is 123 Å². The number of aliphatic hydroxyl groups is 1. The zero-order valence-electron chi connectivity index (χ0n) is 11.9. The number of nitrogens with one attached hydrogen (secondary N) is 1. The van der Waals surface area contributed by atoms with Gasteiger partial charge in [0.1, 0.15) is 12.7 Å². The van der Waals surface area contributed by atoms with Crippen LogP contribution in [-0.2, 0) is 20.9 Å². The highest BCUT2D eigenvalue weighted by Crippen LogP contribution is 2.20. The van der Waals surface area contributed by atoms with E-state index in [2.05, 4.69) is 5.43 Å². The molecular formula is C15H18N2O4. The third-order valence-corrected chi connectivity index (χ3v) is 2.71. The Balaban J connectivity index is 2.13. The summed E-state index contributed by atoms with van der Waals surface area (Å²) in [4.78, 5) is 12.0. The van der Waals surface area contributed by atoms with Crippen LogP contribution < -0.4 is 5.43 Å². The first-order valence-electron chi connectivity index (χ1n) is 6.48. The first-order valence-corrected chi connectivity index (χ1v) is 6.48. The maximum Gasteiger partial charge on any atom is 0.304 e. The van der Waals surface area contributed by atoms with Crippen molar-refractivity contribution in [2.45, 2.75) is 12.7 Å². The SMILES string of the molecule is CN(C)NC(=O)C1=C(OCc2ccccc2)C(O)C=CO1. The third kappa shape index (κ3) is 4.08. The average molecular weight is 290 g/mol. The molecule has 21 heavy (non-hydrogen) atoms. The molecule has 1 aliphatic heterocycles. The number of hydrogen-bond acceptors (Lipinski definition) is 5. The highest BCUT2D eigenvalue weighted by atomic mass is 16.5. The minimum atomic E-state index is -1.01. The van der Waals surface area contributed by atoms with E-state index >= 15 is 0 Å². The summed E-state index contributed by atoms with van der Waals surface area (Å²) in [6.07, 6.45) is 1.67. The molecular weight excluding hydrogens is 272 g/mol. The van der Waals surface area contributed by atoms with Gasteiger partial charge in [0.25, 0.3) is 0 Å². The molecule has 1 atom stereocenters. The number of benzene rings is 1. The van der Waals surface area contributed by atoms with Crippen molar-refractivity contribution in [1.29, 1.82) is 0 Å². The Kier molecular flexibility index (Phi) is 4.97. The normalized spacial score (nSPS) is 17.6. The van der Waals surface area contributed by atoms with E-state index in [-0.39, 0.29) is 18.1 Å². The van der Waals surface area contributed by atoms with Gasteiger partial charge in [-0.15, -0.1) is 0 Å². The summed E-state index contributed by atoms with van der Waals surface area (Å²) in [5, 5.41) is 11.4. The molecule has 1 aromatic carbocycles. The minimum Gasteiger partial charge on any atom is -0.486 e. The molecule has 0 spiro atoms. The zero-order valence-corrected chi connectivity index (χ0v) is 11.9. The summed E-state index contributed by atoms with van der Waals surface area (Å²) in [6, 6.07) is 9.47. The van der Waals surface area contributed by atoms with Gasteiger partial charge < -0.3 is 14.6 Å². The highest BCUT2D eigenvalue weighted by molar-refractivity contribution is 5.92. The fraction of sp³-hybridized carbons (Fsp3) is 0.267. The van der Waals surface area contributed by atoms with Gasteiger partial charge in [-0.3, -0.25) is 10.2 Å². The molecule has 6 heteroatoms. The Bertz CT molecular complexity index is 552. The number of carbonyl (C=O) groups excluding carboxylic acids is 1. The molecule has 0 radical (unpaired) electrons. The van der Waals surface area contributed by atoms with Gasteiger partial charge in [-0.05, 0) is 11.6 Å². The quantitative estimate of drug-likeness (QED) is 0.789. The molecule has 1 heterocycles. The summed E-state index contributed by atoms with van der Waals surface area (Å²) in [5.41, 5.74) is 3.48. The fourth-order valence-electron chi connectivity index (χ4n) is 1.77. The van der Waals surface area contributed by atoms with Gasteiger partial charge >= 0.3 is 5.91 Å². The molecule has 0 aliphatic carbocycles. The third-order valence-electron chi connectivity index (χ3n) is 2.71. The van der Waals surface area contributed by atoms with Crippen molar-refractivity contribution in [2.75, 3.05) is 14.1 Å². The van der Waals surface area contributed by atoms with E-state index in [1.165, 1.54) is 17.3 Å². The van der Waals surface area contributed by atoms with Gasteiger partial charge in [-0.2, -0.15) is 0 Å². The molecule has 1 aliphatic rings. The Morgan fingerprint density at radius 3 is 2.76 bits per heavy atom. The van der Waals surface area contributed by atoms with Gasteiger partial charge in [0.05, 0.1) is 6.26 Å². The van der Waals surface area contributed by atoms with Gasteiger partial charge in [-0.1, -0.05) is 30.3 Å². The number of rotatable bonds is 5. The van der Waals surface area contributed by atoms with Crippen molar-refractivity contribution in [2.24, 2.45) is 0 Å². The van der Waals surface area contributed by atoms with Gasteiger partial charge in [0.15, 0.2) is 5.76 Å². The molecule has 1 amide bonds. The van der Waals surface area contributed by atoms with Crippen LogP contribution in [-0.4, -0.2) is 36.2 Å². The van der Waals surface area contributed by atoms with Crippen LogP contribution in [0.3, 0.4) is 0 Å². The summed E-state index contributed by atoms with van der Waals surface area (Å²) in [7, 11) is 3.36. The van der Waals surface area contributed by atoms with Crippen LogP contribution in [0.4, 0.5) is 0 Å². The average Bonchev–Trinajstić information content (AvgIpc) is 2.46. The lowest BCUT2D eigenvalue weighted by Gasteiger charge is -2.22. The first kappa shape index (κ1) is 15.1.